The van der Waals surface area contributed by atoms with E-state index in [1.807, 2.05) is 14.0 Å². The fourth-order valence-corrected chi connectivity index (χ4v) is 3.42. The number of benzene rings is 1. The molecule has 0 aliphatic carbocycles. The van der Waals surface area contributed by atoms with Crippen molar-refractivity contribution in [1.29, 1.82) is 0 Å². The summed E-state index contributed by atoms with van der Waals surface area (Å²) < 4.78 is 0. The summed E-state index contributed by atoms with van der Waals surface area (Å²) in [5.41, 5.74) is 3.85. The summed E-state index contributed by atoms with van der Waals surface area (Å²) in [6.45, 7) is 5.98. The Labute approximate surface area is 172 Å². The van der Waals surface area contributed by atoms with E-state index in [9.17, 15) is 0 Å². The summed E-state index contributed by atoms with van der Waals surface area (Å²) in [7, 11) is 1.82. The van der Waals surface area contributed by atoms with Crippen LogP contribution in [-0.2, 0) is 19.4 Å². The third-order valence-electron chi connectivity index (χ3n) is 3.95. The van der Waals surface area contributed by atoms with Gasteiger partial charge >= 0.3 is 0 Å². The predicted octanol–water partition coefficient (Wildman–Crippen LogP) is 4.32. The molecule has 0 saturated carbocycles. The highest BCUT2D eigenvalue weighted by molar-refractivity contribution is 14.0. The highest BCUT2D eigenvalue weighted by Gasteiger charge is 2.02. The number of nitrogens with zero attached hydrogens (tertiary/aromatic N) is 2. The van der Waals surface area contributed by atoms with Crippen LogP contribution in [0.1, 0.15) is 41.6 Å². The van der Waals surface area contributed by atoms with Gasteiger partial charge < -0.3 is 10.6 Å². The van der Waals surface area contributed by atoms with Crippen LogP contribution >= 0.6 is 35.3 Å². The summed E-state index contributed by atoms with van der Waals surface area (Å²) in [5, 5.41) is 10.2. The zero-order valence-corrected chi connectivity index (χ0v) is 18.5. The number of hydrogen-bond donors (Lipinski definition) is 2. The number of aromatic nitrogens is 1. The molecule has 0 aliphatic rings. The van der Waals surface area contributed by atoms with Crippen molar-refractivity contribution < 1.29 is 0 Å². The average molecular weight is 472 g/mol. The van der Waals surface area contributed by atoms with E-state index in [1.165, 1.54) is 16.1 Å². The van der Waals surface area contributed by atoms with Crippen molar-refractivity contribution >= 4 is 41.3 Å². The zero-order chi connectivity index (χ0) is 17.2. The maximum absolute atomic E-state index is 4.50. The van der Waals surface area contributed by atoms with E-state index < -0.39 is 0 Å². The molecule has 25 heavy (non-hydrogen) atoms. The van der Waals surface area contributed by atoms with Crippen molar-refractivity contribution in [1.82, 2.24) is 15.6 Å². The van der Waals surface area contributed by atoms with Crippen molar-refractivity contribution in [3.8, 4) is 0 Å². The Bertz CT molecular complexity index is 654. The van der Waals surface area contributed by atoms with Crippen LogP contribution < -0.4 is 10.6 Å². The first-order valence-corrected chi connectivity index (χ1v) is 9.53. The van der Waals surface area contributed by atoms with Crippen LogP contribution in [0.3, 0.4) is 0 Å². The molecule has 6 heteroatoms. The highest BCUT2D eigenvalue weighted by atomic mass is 127. The standard InChI is InChI=1S/C19H28N4S.HI/c1-4-16-9-5-6-10-17(16)13-22-19(20-3)21-12-8-7-11-18-23-15(2)14-24-18;/h5-6,9-10,14H,4,7-8,11-13H2,1-3H3,(H2,20,21,22);1H. The molecule has 0 aliphatic heterocycles. The van der Waals surface area contributed by atoms with Gasteiger partial charge in [0.25, 0.3) is 0 Å². The molecule has 1 aromatic heterocycles. The Hall–Kier alpha value is -1.15. The first-order valence-electron chi connectivity index (χ1n) is 8.65. The van der Waals surface area contributed by atoms with Gasteiger partial charge in [0.15, 0.2) is 5.96 Å². The van der Waals surface area contributed by atoms with Gasteiger partial charge in [-0.1, -0.05) is 31.2 Å². The summed E-state index contributed by atoms with van der Waals surface area (Å²) in [4.78, 5) is 8.80. The minimum absolute atomic E-state index is 0. The third kappa shape index (κ3) is 7.73. The number of nitrogens with one attached hydrogen (secondary N) is 2. The summed E-state index contributed by atoms with van der Waals surface area (Å²) in [5.74, 6) is 0.867. The number of thiazole rings is 1. The number of unbranched alkanes of at least 4 members (excludes halogenated alkanes) is 1. The molecule has 0 spiro atoms. The SMILES string of the molecule is CCc1ccccc1CNC(=NC)NCCCCc1nc(C)cs1.I. The van der Waals surface area contributed by atoms with Gasteiger partial charge in [0.2, 0.25) is 0 Å². The molecule has 0 saturated heterocycles. The summed E-state index contributed by atoms with van der Waals surface area (Å²) in [6, 6.07) is 8.55. The lowest BCUT2D eigenvalue weighted by Gasteiger charge is -2.13. The Kier molecular flexibility index (Phi) is 10.7. The maximum atomic E-state index is 4.50. The second-order valence-electron chi connectivity index (χ2n) is 5.81. The molecular formula is C19H29IN4S. The molecule has 1 aromatic carbocycles. The van der Waals surface area contributed by atoms with Gasteiger partial charge in [-0.15, -0.1) is 35.3 Å². The molecule has 2 rings (SSSR count). The number of rotatable bonds is 8. The van der Waals surface area contributed by atoms with Gasteiger partial charge in [-0.3, -0.25) is 4.99 Å². The summed E-state index contributed by atoms with van der Waals surface area (Å²) >= 11 is 1.76. The van der Waals surface area contributed by atoms with Gasteiger partial charge in [-0.25, -0.2) is 4.98 Å². The van der Waals surface area contributed by atoms with Gasteiger partial charge in [-0.2, -0.15) is 0 Å². The van der Waals surface area contributed by atoms with E-state index in [0.29, 0.717) is 0 Å². The number of aliphatic imine (C=N–C) groups is 1. The zero-order valence-electron chi connectivity index (χ0n) is 15.3. The van der Waals surface area contributed by atoms with Gasteiger partial charge in [0.1, 0.15) is 0 Å². The lowest BCUT2D eigenvalue weighted by Crippen LogP contribution is -2.37. The molecule has 4 nitrogen and oxygen atoms in total. The number of aryl methyl sites for hydroxylation is 3. The van der Waals surface area contributed by atoms with Crippen molar-refractivity contribution in [3.05, 3.63) is 51.5 Å². The minimum Gasteiger partial charge on any atom is -0.356 e. The van der Waals surface area contributed by atoms with E-state index in [-0.39, 0.29) is 24.0 Å². The quantitative estimate of drug-likeness (QED) is 0.261. The van der Waals surface area contributed by atoms with Crippen LogP contribution in [0.4, 0.5) is 0 Å². The Morgan fingerprint density at radius 1 is 1.16 bits per heavy atom. The van der Waals surface area contributed by atoms with E-state index in [1.54, 1.807) is 11.3 Å². The second-order valence-corrected chi connectivity index (χ2v) is 6.76. The number of guanidine groups is 1. The highest BCUT2D eigenvalue weighted by Crippen LogP contribution is 2.11. The first kappa shape index (κ1) is 21.9. The largest absolute Gasteiger partial charge is 0.356 e. The second kappa shape index (κ2) is 12.2. The molecule has 2 aromatic rings. The molecule has 0 amide bonds. The van der Waals surface area contributed by atoms with E-state index in [2.05, 4.69) is 57.2 Å². The minimum atomic E-state index is 0. The van der Waals surface area contributed by atoms with Crippen LogP contribution in [0.25, 0.3) is 0 Å². The van der Waals surface area contributed by atoms with Crippen molar-refractivity contribution in [2.45, 2.75) is 46.1 Å². The van der Waals surface area contributed by atoms with Crippen LogP contribution in [0.2, 0.25) is 0 Å². The van der Waals surface area contributed by atoms with E-state index >= 15 is 0 Å². The fraction of sp³-hybridized carbons (Fsp3) is 0.474. The Balaban J connectivity index is 0.00000312. The lowest BCUT2D eigenvalue weighted by molar-refractivity contribution is 0.691. The molecule has 0 bridgehead atoms. The monoisotopic (exact) mass is 472 g/mol. The van der Waals surface area contributed by atoms with Crippen molar-refractivity contribution in [2.24, 2.45) is 4.99 Å². The number of hydrogen-bond acceptors (Lipinski definition) is 3. The molecule has 0 atom stereocenters. The molecule has 2 N–H and O–H groups in total. The lowest BCUT2D eigenvalue weighted by atomic mass is 10.1. The van der Waals surface area contributed by atoms with Crippen molar-refractivity contribution in [3.63, 3.8) is 0 Å². The van der Waals surface area contributed by atoms with Crippen LogP contribution in [-0.4, -0.2) is 24.5 Å². The van der Waals surface area contributed by atoms with Crippen LogP contribution in [0.5, 0.6) is 0 Å². The predicted molar refractivity (Wildman–Crippen MR) is 119 cm³/mol. The molecule has 0 unspecified atom stereocenters. The Morgan fingerprint density at radius 2 is 1.92 bits per heavy atom. The fourth-order valence-electron chi connectivity index (χ4n) is 2.60. The van der Waals surface area contributed by atoms with E-state index in [0.717, 1.165) is 50.4 Å². The molecule has 0 radical (unpaired) electrons. The topological polar surface area (TPSA) is 49.3 Å². The Morgan fingerprint density at radius 3 is 2.56 bits per heavy atom. The molecular weight excluding hydrogens is 443 g/mol. The van der Waals surface area contributed by atoms with Crippen LogP contribution in [0.15, 0.2) is 34.6 Å². The molecule has 0 fully saturated rings. The first-order chi connectivity index (χ1) is 11.7. The van der Waals surface area contributed by atoms with Crippen LogP contribution in [0, 0.1) is 6.92 Å². The smallest absolute Gasteiger partial charge is 0.191 e. The van der Waals surface area contributed by atoms with Gasteiger partial charge in [-0.05, 0) is 43.7 Å². The average Bonchev–Trinajstić information content (AvgIpc) is 3.02. The van der Waals surface area contributed by atoms with Gasteiger partial charge in [0, 0.05) is 31.2 Å². The molecule has 138 valence electrons. The van der Waals surface area contributed by atoms with Crippen molar-refractivity contribution in [2.75, 3.05) is 13.6 Å². The van der Waals surface area contributed by atoms with E-state index in [4.69, 9.17) is 0 Å². The molecule has 1 heterocycles. The normalized spacial score (nSPS) is 11.1. The maximum Gasteiger partial charge on any atom is 0.191 e. The van der Waals surface area contributed by atoms with Gasteiger partial charge in [0.05, 0.1) is 5.01 Å². The third-order valence-corrected chi connectivity index (χ3v) is 4.97. The number of halogens is 1. The summed E-state index contributed by atoms with van der Waals surface area (Å²) in [6.07, 6.45) is 4.39.